The Bertz CT molecular complexity index is 561. The number of ether oxygens (including phenoxy) is 1. The van der Waals surface area contributed by atoms with Gasteiger partial charge in [0.15, 0.2) is 0 Å². The largest absolute Gasteiger partial charge is 0.462 e. The van der Waals surface area contributed by atoms with Crippen molar-refractivity contribution in [2.24, 2.45) is 5.92 Å². The highest BCUT2D eigenvalue weighted by atomic mass is 16.5. The fraction of sp³-hybridized carbons (Fsp3) is 0.600. The van der Waals surface area contributed by atoms with Gasteiger partial charge in [-0.25, -0.2) is 0 Å². The molecule has 1 amide bonds. The third-order valence-corrected chi connectivity index (χ3v) is 4.90. The zero-order chi connectivity index (χ0) is 18.2. The summed E-state index contributed by atoms with van der Waals surface area (Å²) in [6, 6.07) is 8.88. The van der Waals surface area contributed by atoms with Gasteiger partial charge in [0.05, 0.1) is 18.5 Å². The highest BCUT2D eigenvalue weighted by Gasteiger charge is 2.25. The molecule has 1 aromatic carbocycles. The van der Waals surface area contributed by atoms with Gasteiger partial charge in [0.25, 0.3) is 0 Å². The molecule has 0 aliphatic heterocycles. The van der Waals surface area contributed by atoms with Crippen LogP contribution in [0.15, 0.2) is 30.3 Å². The molecular formula is C20H30N2O3. The Morgan fingerprint density at radius 2 is 1.96 bits per heavy atom. The predicted octanol–water partition coefficient (Wildman–Crippen LogP) is 2.96. The van der Waals surface area contributed by atoms with Gasteiger partial charge >= 0.3 is 5.97 Å². The van der Waals surface area contributed by atoms with Crippen LogP contribution >= 0.6 is 0 Å². The Labute approximate surface area is 150 Å². The van der Waals surface area contributed by atoms with E-state index in [1.807, 2.05) is 30.3 Å². The maximum absolute atomic E-state index is 12.4. The van der Waals surface area contributed by atoms with E-state index in [-0.39, 0.29) is 36.5 Å². The fourth-order valence-corrected chi connectivity index (χ4v) is 3.25. The second-order valence-electron chi connectivity index (χ2n) is 7.07. The molecule has 1 saturated carbocycles. The van der Waals surface area contributed by atoms with Gasteiger partial charge < -0.3 is 15.4 Å². The van der Waals surface area contributed by atoms with Gasteiger partial charge in [-0.15, -0.1) is 0 Å². The maximum atomic E-state index is 12.4. The summed E-state index contributed by atoms with van der Waals surface area (Å²) in [4.78, 5) is 24.7. The van der Waals surface area contributed by atoms with E-state index in [1.54, 1.807) is 14.0 Å². The molecule has 0 bridgehead atoms. The van der Waals surface area contributed by atoms with Gasteiger partial charge in [0.1, 0.15) is 6.10 Å². The zero-order valence-electron chi connectivity index (χ0n) is 15.5. The van der Waals surface area contributed by atoms with E-state index in [1.165, 1.54) is 6.42 Å². The van der Waals surface area contributed by atoms with Crippen LogP contribution in [-0.4, -0.2) is 31.1 Å². The van der Waals surface area contributed by atoms with Crippen LogP contribution in [0.5, 0.6) is 0 Å². The molecule has 4 atom stereocenters. The van der Waals surface area contributed by atoms with Crippen LogP contribution in [0, 0.1) is 5.92 Å². The van der Waals surface area contributed by atoms with Crippen molar-refractivity contribution < 1.29 is 14.3 Å². The van der Waals surface area contributed by atoms with E-state index in [0.29, 0.717) is 5.92 Å². The fourth-order valence-electron chi connectivity index (χ4n) is 3.25. The quantitative estimate of drug-likeness (QED) is 0.745. The van der Waals surface area contributed by atoms with Crippen LogP contribution in [0.2, 0.25) is 0 Å². The summed E-state index contributed by atoms with van der Waals surface area (Å²) in [7, 11) is 1.74. The number of nitrogens with one attached hydrogen (secondary N) is 2. The lowest BCUT2D eigenvalue weighted by Gasteiger charge is -2.27. The number of esters is 1. The molecule has 2 rings (SSSR count). The van der Waals surface area contributed by atoms with Gasteiger partial charge in [-0.3, -0.25) is 9.59 Å². The molecule has 25 heavy (non-hydrogen) atoms. The van der Waals surface area contributed by atoms with Crippen molar-refractivity contribution in [2.45, 2.75) is 64.1 Å². The first-order chi connectivity index (χ1) is 12.0. The van der Waals surface area contributed by atoms with Crippen molar-refractivity contribution in [3.63, 3.8) is 0 Å². The zero-order valence-corrected chi connectivity index (χ0v) is 15.5. The minimum absolute atomic E-state index is 0.0135. The smallest absolute Gasteiger partial charge is 0.308 e. The molecular weight excluding hydrogens is 316 g/mol. The van der Waals surface area contributed by atoms with Gasteiger partial charge in [0.2, 0.25) is 5.91 Å². The number of benzene rings is 1. The van der Waals surface area contributed by atoms with Gasteiger partial charge in [-0.1, -0.05) is 43.7 Å². The topological polar surface area (TPSA) is 67.4 Å². The molecule has 1 aromatic rings. The lowest BCUT2D eigenvalue weighted by molar-refractivity contribution is -0.151. The molecule has 0 saturated heterocycles. The Morgan fingerprint density at radius 3 is 2.60 bits per heavy atom. The summed E-state index contributed by atoms with van der Waals surface area (Å²) in [6.45, 7) is 3.99. The van der Waals surface area contributed by atoms with Crippen molar-refractivity contribution in [1.82, 2.24) is 10.6 Å². The van der Waals surface area contributed by atoms with Crippen LogP contribution < -0.4 is 10.6 Å². The average Bonchev–Trinajstić information content (AvgIpc) is 2.61. The first-order valence-corrected chi connectivity index (χ1v) is 9.21. The van der Waals surface area contributed by atoms with E-state index in [0.717, 1.165) is 24.8 Å². The number of carbonyl (C=O) groups is 2. The monoisotopic (exact) mass is 346 g/mol. The molecule has 0 unspecified atom stereocenters. The molecule has 0 aromatic heterocycles. The Kier molecular flexibility index (Phi) is 7.44. The van der Waals surface area contributed by atoms with Crippen LogP contribution in [-0.2, 0) is 14.3 Å². The predicted molar refractivity (Wildman–Crippen MR) is 98.0 cm³/mol. The van der Waals surface area contributed by atoms with E-state index in [9.17, 15) is 9.59 Å². The number of hydrogen-bond donors (Lipinski definition) is 2. The molecule has 5 heteroatoms. The maximum Gasteiger partial charge on any atom is 0.308 e. The molecule has 5 nitrogen and oxygen atoms in total. The lowest BCUT2D eigenvalue weighted by Crippen LogP contribution is -2.42. The first kappa shape index (κ1) is 19.4. The number of likely N-dealkylation sites (N-methyl/N-ethyl adjacent to an activating group) is 1. The normalized spacial score (nSPS) is 22.7. The second-order valence-corrected chi connectivity index (χ2v) is 7.07. The molecule has 0 heterocycles. The van der Waals surface area contributed by atoms with Crippen LogP contribution in [0.1, 0.15) is 57.6 Å². The molecule has 1 aliphatic carbocycles. The van der Waals surface area contributed by atoms with Crippen molar-refractivity contribution >= 4 is 11.9 Å². The molecule has 1 aliphatic rings. The van der Waals surface area contributed by atoms with Crippen molar-refractivity contribution in [3.8, 4) is 0 Å². The summed E-state index contributed by atoms with van der Waals surface area (Å²) < 4.78 is 5.68. The third kappa shape index (κ3) is 6.16. The van der Waals surface area contributed by atoms with Crippen molar-refractivity contribution in [1.29, 1.82) is 0 Å². The van der Waals surface area contributed by atoms with Crippen LogP contribution in [0.4, 0.5) is 0 Å². The van der Waals surface area contributed by atoms with Gasteiger partial charge in [-0.05, 0) is 44.7 Å². The Balaban J connectivity index is 2.00. The van der Waals surface area contributed by atoms with Crippen LogP contribution in [0.25, 0.3) is 0 Å². The average molecular weight is 346 g/mol. The van der Waals surface area contributed by atoms with Crippen molar-refractivity contribution in [3.05, 3.63) is 35.9 Å². The molecule has 0 radical (unpaired) electrons. The van der Waals surface area contributed by atoms with Crippen LogP contribution in [0.3, 0.4) is 0 Å². The van der Waals surface area contributed by atoms with E-state index >= 15 is 0 Å². The standard InChI is InChI=1S/C20H30N2O3/c1-14-8-7-11-17(12-14)25-19(23)13-18(16-9-5-4-6-10-16)22-20(24)15(2)21-3/h4-6,9-10,14-15,17-18,21H,7-8,11-13H2,1-3H3,(H,22,24)/t14-,15+,17+,18-/m1/s1. The summed E-state index contributed by atoms with van der Waals surface area (Å²) in [5.74, 6) is 0.230. The highest BCUT2D eigenvalue weighted by molar-refractivity contribution is 5.82. The Morgan fingerprint density at radius 1 is 1.24 bits per heavy atom. The SMILES string of the molecule is CN[C@@H](C)C(=O)N[C@H](CC(=O)O[C@H]1CCC[C@@H](C)C1)c1ccccc1. The lowest BCUT2D eigenvalue weighted by atomic mass is 9.89. The summed E-state index contributed by atoms with van der Waals surface area (Å²) in [6.07, 6.45) is 4.35. The summed E-state index contributed by atoms with van der Waals surface area (Å²) >= 11 is 0. The number of rotatable bonds is 7. The first-order valence-electron chi connectivity index (χ1n) is 9.21. The number of hydrogen-bond acceptors (Lipinski definition) is 4. The minimum atomic E-state index is -0.377. The van der Waals surface area contributed by atoms with E-state index < -0.39 is 0 Å². The van der Waals surface area contributed by atoms with Crippen molar-refractivity contribution in [2.75, 3.05) is 7.05 Å². The minimum Gasteiger partial charge on any atom is -0.462 e. The highest BCUT2D eigenvalue weighted by Crippen LogP contribution is 2.27. The summed E-state index contributed by atoms with van der Waals surface area (Å²) in [5.41, 5.74) is 0.910. The van der Waals surface area contributed by atoms with E-state index in [4.69, 9.17) is 4.74 Å². The Hall–Kier alpha value is -1.88. The third-order valence-electron chi connectivity index (χ3n) is 4.90. The van der Waals surface area contributed by atoms with Gasteiger partial charge in [0, 0.05) is 0 Å². The van der Waals surface area contributed by atoms with Gasteiger partial charge in [-0.2, -0.15) is 0 Å². The second kappa shape index (κ2) is 9.56. The molecule has 2 N–H and O–H groups in total. The van der Waals surface area contributed by atoms with E-state index in [2.05, 4.69) is 17.6 Å². The summed E-state index contributed by atoms with van der Waals surface area (Å²) in [5, 5.41) is 5.88. The number of amides is 1. The molecule has 138 valence electrons. The molecule has 1 fully saturated rings. The molecule has 0 spiro atoms. The number of carbonyl (C=O) groups excluding carboxylic acids is 2.